The van der Waals surface area contributed by atoms with E-state index in [1.54, 1.807) is 12.1 Å². The molecule has 3 nitrogen and oxygen atoms in total. The van der Waals surface area contributed by atoms with E-state index in [1.165, 1.54) is 0 Å². The highest BCUT2D eigenvalue weighted by atomic mass is 35.5. The molecule has 1 heterocycles. The highest BCUT2D eigenvalue weighted by molar-refractivity contribution is 6.42. The molecule has 1 aliphatic rings. The fraction of sp³-hybridized carbons (Fsp3) is 0.222. The third-order valence-electron chi connectivity index (χ3n) is 2.09. The Morgan fingerprint density at radius 3 is 2.64 bits per heavy atom. The quantitative estimate of drug-likeness (QED) is 0.802. The van der Waals surface area contributed by atoms with Gasteiger partial charge in [0, 0.05) is 12.2 Å². The zero-order valence-corrected chi connectivity index (χ0v) is 8.89. The van der Waals surface area contributed by atoms with Crippen molar-refractivity contribution >= 4 is 34.8 Å². The number of hydrogen-bond acceptors (Lipinski definition) is 3. The number of guanidine groups is 1. The van der Waals surface area contributed by atoms with E-state index in [2.05, 4.69) is 4.99 Å². The minimum Gasteiger partial charge on any atom is -0.370 e. The van der Waals surface area contributed by atoms with Crippen molar-refractivity contribution in [1.82, 2.24) is 0 Å². The first-order valence-corrected chi connectivity index (χ1v) is 4.96. The first-order valence-electron chi connectivity index (χ1n) is 4.21. The van der Waals surface area contributed by atoms with E-state index in [4.69, 9.17) is 28.9 Å². The van der Waals surface area contributed by atoms with Gasteiger partial charge in [-0.3, -0.25) is 4.99 Å². The molecule has 0 fully saturated rings. The third-order valence-corrected chi connectivity index (χ3v) is 2.83. The fourth-order valence-electron chi connectivity index (χ4n) is 1.38. The van der Waals surface area contributed by atoms with Crippen molar-refractivity contribution in [3.63, 3.8) is 0 Å². The highest BCUT2D eigenvalue weighted by Gasteiger charge is 2.15. The summed E-state index contributed by atoms with van der Waals surface area (Å²) in [5, 5.41) is 1.08. The molecule has 2 rings (SSSR count). The van der Waals surface area contributed by atoms with Crippen LogP contribution in [0.2, 0.25) is 10.0 Å². The van der Waals surface area contributed by atoms with Crippen LogP contribution in [-0.2, 0) is 0 Å². The molecular formula is C9H9Cl2N3. The number of nitrogens with zero attached hydrogens (tertiary/aromatic N) is 2. The summed E-state index contributed by atoms with van der Waals surface area (Å²) in [5.41, 5.74) is 6.63. The number of anilines is 1. The summed E-state index contributed by atoms with van der Waals surface area (Å²) < 4.78 is 0. The molecule has 0 radical (unpaired) electrons. The Balaban J connectivity index is 2.33. The third kappa shape index (κ3) is 1.65. The molecule has 1 aliphatic heterocycles. The Morgan fingerprint density at radius 1 is 1.29 bits per heavy atom. The van der Waals surface area contributed by atoms with Crippen molar-refractivity contribution < 1.29 is 0 Å². The van der Waals surface area contributed by atoms with Crippen LogP contribution in [0, 0.1) is 0 Å². The van der Waals surface area contributed by atoms with Crippen molar-refractivity contribution in [1.29, 1.82) is 0 Å². The van der Waals surface area contributed by atoms with Gasteiger partial charge in [-0.25, -0.2) is 0 Å². The zero-order valence-electron chi connectivity index (χ0n) is 7.37. The molecular weight excluding hydrogens is 221 g/mol. The molecule has 0 amide bonds. The molecule has 1 aromatic carbocycles. The minimum atomic E-state index is 0.531. The van der Waals surface area contributed by atoms with Gasteiger partial charge in [-0.05, 0) is 18.2 Å². The first-order chi connectivity index (χ1) is 6.68. The Labute approximate surface area is 92.1 Å². The summed E-state index contributed by atoms with van der Waals surface area (Å²) in [6.07, 6.45) is 0. The van der Waals surface area contributed by atoms with Gasteiger partial charge in [0.05, 0.1) is 16.6 Å². The monoisotopic (exact) mass is 229 g/mol. The number of nitrogens with two attached hydrogens (primary N) is 1. The lowest BCUT2D eigenvalue weighted by atomic mass is 10.3. The van der Waals surface area contributed by atoms with Crippen molar-refractivity contribution in [3.8, 4) is 0 Å². The number of halogens is 2. The van der Waals surface area contributed by atoms with Crippen molar-refractivity contribution in [2.45, 2.75) is 0 Å². The van der Waals surface area contributed by atoms with E-state index in [0.29, 0.717) is 16.0 Å². The molecule has 0 saturated carbocycles. The van der Waals surface area contributed by atoms with Crippen LogP contribution in [0.3, 0.4) is 0 Å². The lowest BCUT2D eigenvalue weighted by Crippen LogP contribution is -2.33. The molecule has 5 heteroatoms. The van der Waals surface area contributed by atoms with Crippen molar-refractivity contribution in [2.24, 2.45) is 10.7 Å². The molecule has 2 N–H and O–H groups in total. The highest BCUT2D eigenvalue weighted by Crippen LogP contribution is 2.27. The summed E-state index contributed by atoms with van der Waals surface area (Å²) in [4.78, 5) is 6.00. The molecule has 0 unspecified atom stereocenters. The van der Waals surface area contributed by atoms with Gasteiger partial charge in [0.25, 0.3) is 0 Å². The molecule has 0 saturated heterocycles. The normalized spacial score (nSPS) is 15.9. The van der Waals surface area contributed by atoms with E-state index < -0.39 is 0 Å². The Bertz CT molecular complexity index is 390. The van der Waals surface area contributed by atoms with E-state index in [0.717, 1.165) is 18.8 Å². The van der Waals surface area contributed by atoms with Gasteiger partial charge in [0.2, 0.25) is 0 Å². The molecule has 0 spiro atoms. The fourth-order valence-corrected chi connectivity index (χ4v) is 1.67. The topological polar surface area (TPSA) is 41.6 Å². The number of benzene rings is 1. The van der Waals surface area contributed by atoms with Crippen LogP contribution in [0.15, 0.2) is 23.2 Å². The van der Waals surface area contributed by atoms with E-state index in [1.807, 2.05) is 11.0 Å². The zero-order chi connectivity index (χ0) is 10.1. The lowest BCUT2D eigenvalue weighted by Gasteiger charge is -2.17. The van der Waals surface area contributed by atoms with Gasteiger partial charge in [-0.2, -0.15) is 0 Å². The van der Waals surface area contributed by atoms with Gasteiger partial charge < -0.3 is 10.6 Å². The number of rotatable bonds is 1. The van der Waals surface area contributed by atoms with Crippen molar-refractivity contribution in [2.75, 3.05) is 18.0 Å². The first kappa shape index (κ1) is 9.62. The van der Waals surface area contributed by atoms with Crippen LogP contribution in [-0.4, -0.2) is 19.0 Å². The van der Waals surface area contributed by atoms with Crippen LogP contribution in [0.5, 0.6) is 0 Å². The van der Waals surface area contributed by atoms with Gasteiger partial charge in [-0.1, -0.05) is 23.2 Å². The van der Waals surface area contributed by atoms with Crippen LogP contribution >= 0.6 is 23.2 Å². The van der Waals surface area contributed by atoms with Crippen LogP contribution in [0.1, 0.15) is 0 Å². The minimum absolute atomic E-state index is 0.531. The second-order valence-corrected chi connectivity index (χ2v) is 3.80. The summed E-state index contributed by atoms with van der Waals surface area (Å²) >= 11 is 11.7. The van der Waals surface area contributed by atoms with Crippen LogP contribution in [0.4, 0.5) is 5.69 Å². The summed E-state index contributed by atoms with van der Waals surface area (Å²) in [6, 6.07) is 5.42. The van der Waals surface area contributed by atoms with Gasteiger partial charge in [0.15, 0.2) is 5.96 Å². The maximum Gasteiger partial charge on any atom is 0.195 e. The Kier molecular flexibility index (Phi) is 2.52. The van der Waals surface area contributed by atoms with E-state index in [9.17, 15) is 0 Å². The molecule has 0 aromatic heterocycles. The summed E-state index contributed by atoms with van der Waals surface area (Å²) in [6.45, 7) is 1.52. The predicted molar refractivity (Wildman–Crippen MR) is 60.3 cm³/mol. The molecule has 74 valence electrons. The molecule has 1 aromatic rings. The Hall–Kier alpha value is -0.930. The summed E-state index contributed by atoms with van der Waals surface area (Å²) in [5.74, 6) is 0.531. The van der Waals surface area contributed by atoms with Gasteiger partial charge in [-0.15, -0.1) is 0 Å². The van der Waals surface area contributed by atoms with Gasteiger partial charge in [0.1, 0.15) is 0 Å². The van der Waals surface area contributed by atoms with E-state index >= 15 is 0 Å². The molecule has 14 heavy (non-hydrogen) atoms. The SMILES string of the molecule is NC1=NCCN1c1ccc(Cl)c(Cl)c1. The van der Waals surface area contributed by atoms with E-state index in [-0.39, 0.29) is 0 Å². The average Bonchev–Trinajstić information content (AvgIpc) is 2.57. The second-order valence-electron chi connectivity index (χ2n) is 2.99. The molecule has 0 aliphatic carbocycles. The smallest absolute Gasteiger partial charge is 0.195 e. The van der Waals surface area contributed by atoms with Crippen LogP contribution < -0.4 is 10.6 Å². The maximum atomic E-state index is 5.90. The van der Waals surface area contributed by atoms with Crippen molar-refractivity contribution in [3.05, 3.63) is 28.2 Å². The van der Waals surface area contributed by atoms with Crippen LogP contribution in [0.25, 0.3) is 0 Å². The average molecular weight is 230 g/mol. The standard InChI is InChI=1S/C9H9Cl2N3/c10-7-2-1-6(5-8(7)11)14-4-3-13-9(14)12/h1-2,5H,3-4H2,(H2,12,13). The molecule has 0 bridgehead atoms. The second kappa shape index (κ2) is 3.67. The lowest BCUT2D eigenvalue weighted by molar-refractivity contribution is 1.02. The number of hydrogen-bond donors (Lipinski definition) is 1. The van der Waals surface area contributed by atoms with Gasteiger partial charge >= 0.3 is 0 Å². The maximum absolute atomic E-state index is 5.90. The molecule has 0 atom stereocenters. The Morgan fingerprint density at radius 2 is 2.07 bits per heavy atom. The predicted octanol–water partition coefficient (Wildman–Crippen LogP) is 2.13. The number of aliphatic imine (C=N–C) groups is 1. The summed E-state index contributed by atoms with van der Waals surface area (Å²) in [7, 11) is 0. The largest absolute Gasteiger partial charge is 0.370 e.